The maximum atomic E-state index is 11.2. The molecule has 0 bridgehead atoms. The van der Waals surface area contributed by atoms with Crippen molar-refractivity contribution in [1.29, 1.82) is 0 Å². The van der Waals surface area contributed by atoms with Gasteiger partial charge in [0.15, 0.2) is 5.96 Å². The number of hydrogen-bond acceptors (Lipinski definition) is 5. The van der Waals surface area contributed by atoms with Crippen LogP contribution >= 0.6 is 11.3 Å². The molecule has 1 heterocycles. The summed E-state index contributed by atoms with van der Waals surface area (Å²) in [5, 5.41) is 7.77. The highest BCUT2D eigenvalue weighted by molar-refractivity contribution is 7.11. The zero-order chi connectivity index (χ0) is 18.3. The predicted molar refractivity (Wildman–Crippen MR) is 104 cm³/mol. The highest BCUT2D eigenvalue weighted by Crippen LogP contribution is 2.10. The van der Waals surface area contributed by atoms with Crippen LogP contribution in [0.25, 0.3) is 0 Å². The van der Waals surface area contributed by atoms with E-state index in [0.29, 0.717) is 13.0 Å². The largest absolute Gasteiger partial charge is 0.466 e. The number of rotatable bonds is 12. The van der Waals surface area contributed by atoms with Crippen LogP contribution in [0, 0.1) is 6.92 Å². The third-order valence-corrected chi connectivity index (χ3v) is 4.48. The Morgan fingerprint density at radius 2 is 2.04 bits per heavy atom. The van der Waals surface area contributed by atoms with Crippen molar-refractivity contribution in [3.63, 3.8) is 0 Å². The third-order valence-electron chi connectivity index (χ3n) is 3.51. The van der Waals surface area contributed by atoms with E-state index in [1.165, 1.54) is 4.88 Å². The van der Waals surface area contributed by atoms with E-state index >= 15 is 0 Å². The van der Waals surface area contributed by atoms with Gasteiger partial charge in [-0.05, 0) is 33.6 Å². The second-order valence-electron chi connectivity index (χ2n) is 5.77. The number of thiazole rings is 1. The van der Waals surface area contributed by atoms with Gasteiger partial charge in [-0.1, -0.05) is 12.8 Å². The number of nitrogens with zero attached hydrogens (tertiary/aromatic N) is 2. The molecule has 0 saturated carbocycles. The Bertz CT molecular complexity index is 517. The van der Waals surface area contributed by atoms with Gasteiger partial charge in [-0.25, -0.2) is 4.98 Å². The average Bonchev–Trinajstić information content (AvgIpc) is 2.99. The molecule has 0 amide bonds. The summed E-state index contributed by atoms with van der Waals surface area (Å²) in [4.78, 5) is 21.5. The van der Waals surface area contributed by atoms with Gasteiger partial charge in [0, 0.05) is 43.5 Å². The summed E-state index contributed by atoms with van der Waals surface area (Å²) in [5.74, 6) is 0.775. The summed E-state index contributed by atoms with van der Waals surface area (Å²) >= 11 is 1.74. The first-order chi connectivity index (χ1) is 12.2. The number of carbonyl (C=O) groups excluding carboxylic acids is 1. The van der Waals surface area contributed by atoms with Crippen molar-refractivity contribution in [3.8, 4) is 0 Å². The van der Waals surface area contributed by atoms with Crippen LogP contribution in [-0.4, -0.2) is 43.2 Å². The van der Waals surface area contributed by atoms with Crippen molar-refractivity contribution in [2.75, 3.05) is 26.2 Å². The minimum Gasteiger partial charge on any atom is -0.466 e. The van der Waals surface area contributed by atoms with Crippen LogP contribution in [0.4, 0.5) is 0 Å². The fourth-order valence-electron chi connectivity index (χ4n) is 2.31. The predicted octanol–water partition coefficient (Wildman–Crippen LogP) is 3.06. The zero-order valence-electron chi connectivity index (χ0n) is 15.8. The number of carbonyl (C=O) groups is 1. The van der Waals surface area contributed by atoms with E-state index < -0.39 is 0 Å². The maximum absolute atomic E-state index is 11.2. The molecule has 0 saturated heterocycles. The molecule has 25 heavy (non-hydrogen) atoms. The van der Waals surface area contributed by atoms with E-state index in [4.69, 9.17) is 4.74 Å². The molecule has 1 rings (SSSR count). The van der Waals surface area contributed by atoms with E-state index in [0.717, 1.165) is 62.7 Å². The number of unbranched alkanes of at least 4 members (excludes halogenated alkanes) is 3. The van der Waals surface area contributed by atoms with E-state index in [1.54, 1.807) is 11.3 Å². The van der Waals surface area contributed by atoms with Crippen molar-refractivity contribution in [2.45, 2.75) is 59.3 Å². The van der Waals surface area contributed by atoms with Crippen molar-refractivity contribution < 1.29 is 9.53 Å². The van der Waals surface area contributed by atoms with Gasteiger partial charge in [-0.3, -0.25) is 9.79 Å². The Morgan fingerprint density at radius 1 is 1.24 bits per heavy atom. The normalized spacial score (nSPS) is 11.4. The first-order valence-electron chi connectivity index (χ1n) is 9.24. The number of aryl methyl sites for hydroxylation is 1. The van der Waals surface area contributed by atoms with Crippen LogP contribution in [-0.2, 0) is 16.0 Å². The smallest absolute Gasteiger partial charge is 0.305 e. The van der Waals surface area contributed by atoms with Gasteiger partial charge in [0.2, 0.25) is 0 Å². The molecule has 1 aromatic rings. The standard InChI is InChI=1S/C18H32N4O2S/c1-4-19-18(21-13-11-16-22-14-15(3)25-16)20-12-9-7-6-8-10-17(23)24-5-2/h14H,4-13H2,1-3H3,(H2,19,20,21). The molecule has 6 nitrogen and oxygen atoms in total. The van der Waals surface area contributed by atoms with Gasteiger partial charge in [0.25, 0.3) is 0 Å². The highest BCUT2D eigenvalue weighted by atomic mass is 32.1. The van der Waals surface area contributed by atoms with E-state index in [1.807, 2.05) is 13.1 Å². The maximum Gasteiger partial charge on any atom is 0.305 e. The Morgan fingerprint density at radius 3 is 2.72 bits per heavy atom. The van der Waals surface area contributed by atoms with Crippen LogP contribution < -0.4 is 10.6 Å². The number of hydrogen-bond donors (Lipinski definition) is 2. The van der Waals surface area contributed by atoms with Gasteiger partial charge in [0.05, 0.1) is 11.6 Å². The molecule has 0 spiro atoms. The van der Waals surface area contributed by atoms with E-state index in [2.05, 4.69) is 34.5 Å². The number of esters is 1. The summed E-state index contributed by atoms with van der Waals surface area (Å²) in [7, 11) is 0. The Hall–Kier alpha value is -1.63. The lowest BCUT2D eigenvalue weighted by molar-refractivity contribution is -0.143. The minimum atomic E-state index is -0.0884. The summed E-state index contributed by atoms with van der Waals surface area (Å²) in [5.41, 5.74) is 0. The second kappa shape index (κ2) is 13.6. The molecule has 2 N–H and O–H groups in total. The van der Waals surface area contributed by atoms with Crippen molar-refractivity contribution >= 4 is 23.3 Å². The SMILES string of the molecule is CCNC(=NCCCCCCC(=O)OCC)NCCc1ncc(C)s1. The van der Waals surface area contributed by atoms with Crippen molar-refractivity contribution in [1.82, 2.24) is 15.6 Å². The number of nitrogens with one attached hydrogen (secondary N) is 2. The van der Waals surface area contributed by atoms with Gasteiger partial charge in [-0.2, -0.15) is 0 Å². The third kappa shape index (κ3) is 10.8. The fraction of sp³-hybridized carbons (Fsp3) is 0.722. The minimum absolute atomic E-state index is 0.0884. The summed E-state index contributed by atoms with van der Waals surface area (Å²) < 4.78 is 4.92. The van der Waals surface area contributed by atoms with E-state index in [-0.39, 0.29) is 5.97 Å². The van der Waals surface area contributed by atoms with Crippen molar-refractivity contribution in [3.05, 3.63) is 16.1 Å². The molecule has 0 radical (unpaired) electrons. The fourth-order valence-corrected chi connectivity index (χ4v) is 3.09. The van der Waals surface area contributed by atoms with Crippen LogP contribution in [0.3, 0.4) is 0 Å². The Balaban J connectivity index is 2.14. The van der Waals surface area contributed by atoms with Gasteiger partial charge in [-0.15, -0.1) is 11.3 Å². The Labute approximate surface area is 155 Å². The quantitative estimate of drug-likeness (QED) is 0.257. The molecule has 7 heteroatoms. The molecule has 142 valence electrons. The summed E-state index contributed by atoms with van der Waals surface area (Å²) in [6, 6.07) is 0. The average molecular weight is 369 g/mol. The molecule has 0 fully saturated rings. The Kier molecular flexibility index (Phi) is 11.7. The first kappa shape index (κ1) is 21.4. The topological polar surface area (TPSA) is 75.6 Å². The molecular formula is C18H32N4O2S. The van der Waals surface area contributed by atoms with Crippen molar-refractivity contribution in [2.24, 2.45) is 4.99 Å². The lowest BCUT2D eigenvalue weighted by Crippen LogP contribution is -2.38. The van der Waals surface area contributed by atoms with Gasteiger partial charge >= 0.3 is 5.97 Å². The molecule has 1 aromatic heterocycles. The second-order valence-corrected chi connectivity index (χ2v) is 7.09. The summed E-state index contributed by atoms with van der Waals surface area (Å²) in [6.45, 7) is 8.93. The van der Waals surface area contributed by atoms with Crippen LogP contribution in [0.15, 0.2) is 11.2 Å². The monoisotopic (exact) mass is 368 g/mol. The van der Waals surface area contributed by atoms with Gasteiger partial charge in [0.1, 0.15) is 0 Å². The van der Waals surface area contributed by atoms with Crippen LogP contribution in [0.2, 0.25) is 0 Å². The zero-order valence-corrected chi connectivity index (χ0v) is 16.6. The van der Waals surface area contributed by atoms with Crippen LogP contribution in [0.1, 0.15) is 55.8 Å². The lowest BCUT2D eigenvalue weighted by atomic mass is 10.1. The molecule has 0 atom stereocenters. The van der Waals surface area contributed by atoms with Crippen LogP contribution in [0.5, 0.6) is 0 Å². The highest BCUT2D eigenvalue weighted by Gasteiger charge is 2.02. The number of ether oxygens (including phenoxy) is 1. The molecule has 0 aromatic carbocycles. The summed E-state index contributed by atoms with van der Waals surface area (Å²) in [6.07, 6.45) is 7.41. The molecule has 0 aliphatic heterocycles. The lowest BCUT2D eigenvalue weighted by Gasteiger charge is -2.10. The number of guanidine groups is 1. The number of aromatic nitrogens is 1. The number of aliphatic imine (C=N–C) groups is 1. The molecule has 0 aliphatic rings. The first-order valence-corrected chi connectivity index (χ1v) is 10.1. The van der Waals surface area contributed by atoms with E-state index in [9.17, 15) is 4.79 Å². The molecular weight excluding hydrogens is 336 g/mol. The molecule has 0 unspecified atom stereocenters. The van der Waals surface area contributed by atoms with Gasteiger partial charge < -0.3 is 15.4 Å². The molecule has 0 aliphatic carbocycles.